The van der Waals surface area contributed by atoms with E-state index in [0.29, 0.717) is 28.5 Å². The zero-order valence-corrected chi connectivity index (χ0v) is 14.8. The first-order valence-electron chi connectivity index (χ1n) is 7.51. The van der Waals surface area contributed by atoms with E-state index in [-0.39, 0.29) is 17.4 Å². The van der Waals surface area contributed by atoms with Crippen LogP contribution in [-0.4, -0.2) is 23.0 Å². The summed E-state index contributed by atoms with van der Waals surface area (Å²) >= 11 is 11.8. The van der Waals surface area contributed by atoms with Crippen LogP contribution in [0.3, 0.4) is 0 Å². The molecule has 0 aliphatic carbocycles. The monoisotopic (exact) mass is 376 g/mol. The van der Waals surface area contributed by atoms with Gasteiger partial charge in [0.25, 0.3) is 0 Å². The van der Waals surface area contributed by atoms with E-state index in [1.54, 1.807) is 13.2 Å². The van der Waals surface area contributed by atoms with Crippen molar-refractivity contribution in [3.63, 3.8) is 0 Å². The molecule has 0 radical (unpaired) electrons. The second-order valence-electron chi connectivity index (χ2n) is 5.33. The van der Waals surface area contributed by atoms with Crippen LogP contribution < -0.4 is 4.74 Å². The van der Waals surface area contributed by atoms with Crippen molar-refractivity contribution < 1.29 is 14.1 Å². The fourth-order valence-corrected chi connectivity index (χ4v) is 2.71. The number of methoxy groups -OCH3 is 1. The standard InChI is InChI=1S/C18H14Cl2N2O3/c1-24-13-4-2-3-11(7-13)16-9-14(25-22-16)5-6-17(23)15-8-12(19)10-21-18(15)20/h2-4,7-10H,5-6H2,1H3. The molecule has 0 atom stereocenters. The minimum absolute atomic E-state index is 0.143. The average Bonchev–Trinajstić information content (AvgIpc) is 3.11. The molecular formula is C18H14Cl2N2O3. The van der Waals surface area contributed by atoms with Crippen LogP contribution >= 0.6 is 23.2 Å². The second kappa shape index (κ2) is 7.68. The molecule has 3 aromatic rings. The van der Waals surface area contributed by atoms with E-state index in [2.05, 4.69) is 10.1 Å². The molecule has 128 valence electrons. The van der Waals surface area contributed by atoms with Gasteiger partial charge in [-0.1, -0.05) is 40.5 Å². The zero-order valence-electron chi connectivity index (χ0n) is 13.3. The van der Waals surface area contributed by atoms with E-state index in [1.165, 1.54) is 12.3 Å². The van der Waals surface area contributed by atoms with Crippen LogP contribution in [0.5, 0.6) is 5.75 Å². The van der Waals surface area contributed by atoms with Crippen molar-refractivity contribution in [2.75, 3.05) is 7.11 Å². The normalized spacial score (nSPS) is 10.7. The Kier molecular flexibility index (Phi) is 5.36. The summed E-state index contributed by atoms with van der Waals surface area (Å²) < 4.78 is 10.5. The molecule has 1 aromatic carbocycles. The molecule has 0 fully saturated rings. The van der Waals surface area contributed by atoms with Crippen molar-refractivity contribution in [1.82, 2.24) is 10.1 Å². The van der Waals surface area contributed by atoms with Gasteiger partial charge in [-0.2, -0.15) is 0 Å². The number of ketones is 1. The number of pyridine rings is 1. The molecule has 0 aliphatic rings. The van der Waals surface area contributed by atoms with Gasteiger partial charge in [0, 0.05) is 30.7 Å². The largest absolute Gasteiger partial charge is 0.497 e. The van der Waals surface area contributed by atoms with Gasteiger partial charge in [0.05, 0.1) is 17.7 Å². The van der Waals surface area contributed by atoms with Crippen molar-refractivity contribution in [2.45, 2.75) is 12.8 Å². The van der Waals surface area contributed by atoms with Gasteiger partial charge < -0.3 is 9.26 Å². The SMILES string of the molecule is COc1cccc(-c2cc(CCC(=O)c3cc(Cl)cnc3Cl)on2)c1. The highest BCUT2D eigenvalue weighted by Gasteiger charge is 2.14. The highest BCUT2D eigenvalue weighted by molar-refractivity contribution is 6.34. The van der Waals surface area contributed by atoms with Crippen molar-refractivity contribution in [1.29, 1.82) is 0 Å². The lowest BCUT2D eigenvalue weighted by atomic mass is 10.1. The minimum atomic E-state index is -0.153. The Labute approximate surface area is 154 Å². The molecule has 0 bridgehead atoms. The predicted octanol–water partition coefficient (Wildman–Crippen LogP) is 4.87. The van der Waals surface area contributed by atoms with E-state index in [9.17, 15) is 4.79 Å². The highest BCUT2D eigenvalue weighted by Crippen LogP contribution is 2.25. The Morgan fingerprint density at radius 3 is 2.88 bits per heavy atom. The van der Waals surface area contributed by atoms with Crippen LogP contribution in [0.15, 0.2) is 47.1 Å². The predicted molar refractivity (Wildman–Crippen MR) is 95.4 cm³/mol. The molecule has 0 saturated carbocycles. The topological polar surface area (TPSA) is 65.2 Å². The van der Waals surface area contributed by atoms with Gasteiger partial charge in [-0.15, -0.1) is 0 Å². The maximum absolute atomic E-state index is 12.3. The second-order valence-corrected chi connectivity index (χ2v) is 6.12. The quantitative estimate of drug-likeness (QED) is 0.453. The number of aromatic nitrogens is 2. The molecule has 0 saturated heterocycles. The Morgan fingerprint density at radius 2 is 2.08 bits per heavy atom. The summed E-state index contributed by atoms with van der Waals surface area (Å²) in [5.41, 5.74) is 1.87. The lowest BCUT2D eigenvalue weighted by molar-refractivity contribution is 0.0980. The summed E-state index contributed by atoms with van der Waals surface area (Å²) in [5.74, 6) is 1.19. The number of nitrogens with zero attached hydrogens (tertiary/aromatic N) is 2. The molecule has 0 unspecified atom stereocenters. The number of rotatable bonds is 6. The van der Waals surface area contributed by atoms with E-state index < -0.39 is 0 Å². The fourth-order valence-electron chi connectivity index (χ4n) is 2.34. The number of aryl methyl sites for hydroxylation is 1. The fraction of sp³-hybridized carbons (Fsp3) is 0.167. The third-order valence-corrected chi connectivity index (χ3v) is 4.14. The van der Waals surface area contributed by atoms with Crippen LogP contribution in [0, 0.1) is 0 Å². The third kappa shape index (κ3) is 4.18. The van der Waals surface area contributed by atoms with Gasteiger partial charge in [0.1, 0.15) is 22.4 Å². The number of ether oxygens (including phenoxy) is 1. The smallest absolute Gasteiger partial charge is 0.166 e. The highest BCUT2D eigenvalue weighted by atomic mass is 35.5. The van der Waals surface area contributed by atoms with Crippen molar-refractivity contribution >= 4 is 29.0 Å². The third-order valence-electron chi connectivity index (χ3n) is 3.63. The van der Waals surface area contributed by atoms with Gasteiger partial charge in [-0.25, -0.2) is 4.98 Å². The Hall–Kier alpha value is -2.37. The first-order valence-corrected chi connectivity index (χ1v) is 8.26. The van der Waals surface area contributed by atoms with E-state index in [0.717, 1.165) is 11.3 Å². The molecule has 0 N–H and O–H groups in total. The first-order chi connectivity index (χ1) is 12.1. The molecule has 2 aromatic heterocycles. The number of hydrogen-bond donors (Lipinski definition) is 0. The summed E-state index contributed by atoms with van der Waals surface area (Å²) in [6.45, 7) is 0. The molecular weight excluding hydrogens is 363 g/mol. The average molecular weight is 377 g/mol. The maximum Gasteiger partial charge on any atom is 0.166 e. The molecule has 0 amide bonds. The molecule has 7 heteroatoms. The van der Waals surface area contributed by atoms with Crippen molar-refractivity contribution in [3.05, 3.63) is 64.1 Å². The van der Waals surface area contributed by atoms with Crippen LogP contribution in [0.2, 0.25) is 10.2 Å². The molecule has 5 nitrogen and oxygen atoms in total. The molecule has 0 spiro atoms. The summed E-state index contributed by atoms with van der Waals surface area (Å²) in [4.78, 5) is 16.2. The Balaban J connectivity index is 1.69. The van der Waals surface area contributed by atoms with Crippen LogP contribution in [-0.2, 0) is 6.42 Å². The molecule has 0 aliphatic heterocycles. The summed E-state index contributed by atoms with van der Waals surface area (Å²) in [6.07, 6.45) is 2.02. The van der Waals surface area contributed by atoms with Gasteiger partial charge >= 0.3 is 0 Å². The Bertz CT molecular complexity index is 909. The van der Waals surface area contributed by atoms with Gasteiger partial charge in [0.15, 0.2) is 5.78 Å². The lowest BCUT2D eigenvalue weighted by Gasteiger charge is -2.02. The number of hydrogen-bond acceptors (Lipinski definition) is 5. The van der Waals surface area contributed by atoms with Crippen LogP contribution in [0.25, 0.3) is 11.3 Å². The van der Waals surface area contributed by atoms with Gasteiger partial charge in [-0.05, 0) is 18.2 Å². The van der Waals surface area contributed by atoms with E-state index >= 15 is 0 Å². The maximum atomic E-state index is 12.3. The van der Waals surface area contributed by atoms with E-state index in [1.807, 2.05) is 24.3 Å². The summed E-state index contributed by atoms with van der Waals surface area (Å²) in [5, 5.41) is 4.55. The lowest BCUT2D eigenvalue weighted by Crippen LogP contribution is -2.03. The van der Waals surface area contributed by atoms with Gasteiger partial charge in [-0.3, -0.25) is 4.79 Å². The number of benzene rings is 1. The van der Waals surface area contributed by atoms with Crippen LogP contribution in [0.1, 0.15) is 22.5 Å². The summed E-state index contributed by atoms with van der Waals surface area (Å²) in [6, 6.07) is 10.8. The number of carbonyl (C=O) groups excluding carboxylic acids is 1. The molecule has 3 rings (SSSR count). The van der Waals surface area contributed by atoms with Gasteiger partial charge in [0.2, 0.25) is 0 Å². The molecule has 2 heterocycles. The summed E-state index contributed by atoms with van der Waals surface area (Å²) in [7, 11) is 1.61. The number of Topliss-reactive ketones (excluding diaryl/α,β-unsaturated/α-hetero) is 1. The Morgan fingerprint density at radius 1 is 1.24 bits per heavy atom. The minimum Gasteiger partial charge on any atom is -0.497 e. The zero-order chi connectivity index (χ0) is 17.8. The molecule has 25 heavy (non-hydrogen) atoms. The first kappa shape index (κ1) is 17.5. The van der Waals surface area contributed by atoms with Crippen molar-refractivity contribution in [2.24, 2.45) is 0 Å². The van der Waals surface area contributed by atoms with Crippen LogP contribution in [0.4, 0.5) is 0 Å². The number of halogens is 2. The van der Waals surface area contributed by atoms with E-state index in [4.69, 9.17) is 32.5 Å². The van der Waals surface area contributed by atoms with Crippen molar-refractivity contribution in [3.8, 4) is 17.0 Å². The number of carbonyl (C=O) groups is 1.